The van der Waals surface area contributed by atoms with E-state index in [0.717, 1.165) is 43.7 Å². The standard InChI is InChI=1S/C14H18ClF2N/c1-2-9-3-5-11(6-4-9)18-14-12(15)7-10(16)8-13(14)17/h7-9,11,18H,2-6H2,1H3. The van der Waals surface area contributed by atoms with Gasteiger partial charge < -0.3 is 5.32 Å². The predicted molar refractivity (Wildman–Crippen MR) is 71.0 cm³/mol. The van der Waals surface area contributed by atoms with E-state index in [9.17, 15) is 8.78 Å². The van der Waals surface area contributed by atoms with Crippen LogP contribution in [0.5, 0.6) is 0 Å². The molecule has 0 atom stereocenters. The number of rotatable bonds is 3. The molecule has 4 heteroatoms. The molecule has 1 fully saturated rings. The minimum absolute atomic E-state index is 0.116. The van der Waals surface area contributed by atoms with Crippen molar-refractivity contribution in [3.8, 4) is 0 Å². The van der Waals surface area contributed by atoms with E-state index in [0.29, 0.717) is 0 Å². The van der Waals surface area contributed by atoms with E-state index < -0.39 is 11.6 Å². The highest BCUT2D eigenvalue weighted by Gasteiger charge is 2.21. The van der Waals surface area contributed by atoms with Crippen molar-refractivity contribution in [2.24, 2.45) is 5.92 Å². The lowest BCUT2D eigenvalue weighted by molar-refractivity contribution is 0.329. The van der Waals surface area contributed by atoms with Gasteiger partial charge in [-0.05, 0) is 37.7 Å². The highest BCUT2D eigenvalue weighted by Crippen LogP contribution is 2.32. The van der Waals surface area contributed by atoms with Gasteiger partial charge in [0.25, 0.3) is 0 Å². The van der Waals surface area contributed by atoms with Gasteiger partial charge >= 0.3 is 0 Å². The fraction of sp³-hybridized carbons (Fsp3) is 0.571. The summed E-state index contributed by atoms with van der Waals surface area (Å²) in [5.74, 6) is -0.466. The first kappa shape index (κ1) is 13.6. The predicted octanol–water partition coefficient (Wildman–Crippen LogP) is 5.00. The third-order valence-electron chi connectivity index (χ3n) is 3.78. The number of benzene rings is 1. The van der Waals surface area contributed by atoms with E-state index >= 15 is 0 Å². The molecule has 1 N–H and O–H groups in total. The molecule has 0 heterocycles. The Morgan fingerprint density at radius 2 is 1.89 bits per heavy atom. The van der Waals surface area contributed by atoms with Crippen LogP contribution in [0.2, 0.25) is 5.02 Å². The van der Waals surface area contributed by atoms with Crippen LogP contribution in [-0.2, 0) is 0 Å². The van der Waals surface area contributed by atoms with E-state index in [-0.39, 0.29) is 16.8 Å². The van der Waals surface area contributed by atoms with Gasteiger partial charge in [-0.1, -0.05) is 24.9 Å². The fourth-order valence-corrected chi connectivity index (χ4v) is 2.85. The molecule has 0 amide bonds. The van der Waals surface area contributed by atoms with Crippen LogP contribution in [0.1, 0.15) is 39.0 Å². The van der Waals surface area contributed by atoms with Crippen LogP contribution in [0.15, 0.2) is 12.1 Å². The zero-order valence-electron chi connectivity index (χ0n) is 10.5. The van der Waals surface area contributed by atoms with Crippen LogP contribution >= 0.6 is 11.6 Å². The molecule has 1 saturated carbocycles. The molecule has 1 nitrogen and oxygen atoms in total. The third-order valence-corrected chi connectivity index (χ3v) is 4.08. The molecule has 1 aliphatic carbocycles. The van der Waals surface area contributed by atoms with Gasteiger partial charge in [0, 0.05) is 12.1 Å². The number of nitrogens with one attached hydrogen (secondary N) is 1. The first-order chi connectivity index (χ1) is 8.60. The highest BCUT2D eigenvalue weighted by atomic mass is 35.5. The van der Waals surface area contributed by atoms with Crippen molar-refractivity contribution < 1.29 is 8.78 Å². The molecular formula is C14H18ClF2N. The second kappa shape index (κ2) is 5.87. The number of hydrogen-bond acceptors (Lipinski definition) is 1. The maximum atomic E-state index is 13.6. The summed E-state index contributed by atoms with van der Waals surface area (Å²) >= 11 is 5.87. The molecule has 1 aliphatic rings. The summed E-state index contributed by atoms with van der Waals surface area (Å²) in [6.07, 6.45) is 5.57. The van der Waals surface area contributed by atoms with Crippen molar-refractivity contribution in [1.82, 2.24) is 0 Å². The number of anilines is 1. The normalized spacial score (nSPS) is 24.0. The van der Waals surface area contributed by atoms with Gasteiger partial charge in [-0.15, -0.1) is 0 Å². The topological polar surface area (TPSA) is 12.0 Å². The van der Waals surface area contributed by atoms with Crippen LogP contribution < -0.4 is 5.32 Å². The Kier molecular flexibility index (Phi) is 4.44. The quantitative estimate of drug-likeness (QED) is 0.817. The molecular weight excluding hydrogens is 256 g/mol. The molecule has 1 aromatic carbocycles. The Morgan fingerprint density at radius 1 is 1.22 bits per heavy atom. The fourth-order valence-electron chi connectivity index (χ4n) is 2.60. The summed E-state index contributed by atoms with van der Waals surface area (Å²) in [7, 11) is 0. The summed E-state index contributed by atoms with van der Waals surface area (Å²) in [5.41, 5.74) is 0.234. The van der Waals surface area contributed by atoms with Crippen molar-refractivity contribution in [1.29, 1.82) is 0 Å². The van der Waals surface area contributed by atoms with E-state index in [1.54, 1.807) is 0 Å². The molecule has 0 saturated heterocycles. The molecule has 0 aromatic heterocycles. The molecule has 2 rings (SSSR count). The Bertz CT molecular complexity index is 391. The smallest absolute Gasteiger partial charge is 0.150 e. The molecule has 0 radical (unpaired) electrons. The molecule has 18 heavy (non-hydrogen) atoms. The molecule has 100 valence electrons. The summed E-state index contributed by atoms with van der Waals surface area (Å²) < 4.78 is 26.6. The van der Waals surface area contributed by atoms with E-state index in [1.807, 2.05) is 0 Å². The van der Waals surface area contributed by atoms with Crippen molar-refractivity contribution in [3.05, 3.63) is 28.8 Å². The van der Waals surface area contributed by atoms with Crippen molar-refractivity contribution >= 4 is 17.3 Å². The van der Waals surface area contributed by atoms with E-state index in [1.165, 1.54) is 6.42 Å². The second-order valence-electron chi connectivity index (χ2n) is 5.01. The SMILES string of the molecule is CCC1CCC(Nc2c(F)cc(F)cc2Cl)CC1. The molecule has 0 bridgehead atoms. The van der Waals surface area contributed by atoms with Gasteiger partial charge in [-0.2, -0.15) is 0 Å². The minimum Gasteiger partial charge on any atom is -0.379 e. The molecule has 1 aromatic rings. The second-order valence-corrected chi connectivity index (χ2v) is 5.42. The minimum atomic E-state index is -0.641. The Hall–Kier alpha value is -0.830. The summed E-state index contributed by atoms with van der Waals surface area (Å²) in [6, 6.07) is 2.25. The van der Waals surface area contributed by atoms with Gasteiger partial charge in [-0.25, -0.2) is 8.78 Å². The monoisotopic (exact) mass is 273 g/mol. The highest BCUT2D eigenvalue weighted by molar-refractivity contribution is 6.33. The van der Waals surface area contributed by atoms with Gasteiger partial charge in [0.1, 0.15) is 5.82 Å². The molecule has 0 unspecified atom stereocenters. The Morgan fingerprint density at radius 3 is 2.44 bits per heavy atom. The van der Waals surface area contributed by atoms with Crippen LogP contribution in [0.3, 0.4) is 0 Å². The maximum absolute atomic E-state index is 13.6. The van der Waals surface area contributed by atoms with Crippen LogP contribution in [0.25, 0.3) is 0 Å². The van der Waals surface area contributed by atoms with Gasteiger partial charge in [-0.3, -0.25) is 0 Å². The number of hydrogen-bond donors (Lipinski definition) is 1. The Labute approximate surface area is 112 Å². The summed E-state index contributed by atoms with van der Waals surface area (Å²) in [5, 5.41) is 3.23. The molecule has 0 aliphatic heterocycles. The Balaban J connectivity index is 2.02. The van der Waals surface area contributed by atoms with E-state index in [2.05, 4.69) is 12.2 Å². The lowest BCUT2D eigenvalue weighted by Gasteiger charge is -2.29. The summed E-state index contributed by atoms with van der Waals surface area (Å²) in [4.78, 5) is 0. The average molecular weight is 274 g/mol. The first-order valence-corrected chi connectivity index (χ1v) is 6.89. The third kappa shape index (κ3) is 3.14. The summed E-state index contributed by atoms with van der Waals surface area (Å²) in [6.45, 7) is 2.20. The molecule has 0 spiro atoms. The van der Waals surface area contributed by atoms with Crippen molar-refractivity contribution in [3.63, 3.8) is 0 Å². The van der Waals surface area contributed by atoms with Gasteiger partial charge in [0.15, 0.2) is 5.82 Å². The van der Waals surface area contributed by atoms with Crippen LogP contribution in [-0.4, -0.2) is 6.04 Å². The average Bonchev–Trinajstić information content (AvgIpc) is 2.34. The van der Waals surface area contributed by atoms with E-state index in [4.69, 9.17) is 11.6 Å². The zero-order valence-corrected chi connectivity index (χ0v) is 11.2. The van der Waals surface area contributed by atoms with Gasteiger partial charge in [0.05, 0.1) is 10.7 Å². The largest absolute Gasteiger partial charge is 0.379 e. The van der Waals surface area contributed by atoms with Crippen LogP contribution in [0.4, 0.5) is 14.5 Å². The van der Waals surface area contributed by atoms with Crippen molar-refractivity contribution in [2.45, 2.75) is 45.1 Å². The van der Waals surface area contributed by atoms with Crippen molar-refractivity contribution in [2.75, 3.05) is 5.32 Å². The van der Waals surface area contributed by atoms with Gasteiger partial charge in [0.2, 0.25) is 0 Å². The maximum Gasteiger partial charge on any atom is 0.150 e. The number of halogens is 3. The zero-order chi connectivity index (χ0) is 13.1. The van der Waals surface area contributed by atoms with Crippen LogP contribution in [0, 0.1) is 17.6 Å². The lowest BCUT2D eigenvalue weighted by atomic mass is 9.84. The first-order valence-electron chi connectivity index (χ1n) is 6.51. The lowest BCUT2D eigenvalue weighted by Crippen LogP contribution is -2.26.